The summed E-state index contributed by atoms with van der Waals surface area (Å²) in [5.41, 5.74) is 0.573. The van der Waals surface area contributed by atoms with Crippen molar-refractivity contribution in [3.05, 3.63) is 60.4 Å². The lowest BCUT2D eigenvalue weighted by Crippen LogP contribution is -2.51. The summed E-state index contributed by atoms with van der Waals surface area (Å²) in [5, 5.41) is 3.45. The zero-order chi connectivity index (χ0) is 17.9. The quantitative estimate of drug-likeness (QED) is 0.831. The van der Waals surface area contributed by atoms with Crippen LogP contribution in [-0.4, -0.2) is 48.9 Å². The highest BCUT2D eigenvalue weighted by atomic mass is 32.2. The van der Waals surface area contributed by atoms with Gasteiger partial charge in [-0.3, -0.25) is 0 Å². The number of rotatable bonds is 3. The third kappa shape index (κ3) is 4.15. The molecule has 0 bridgehead atoms. The molecule has 2 aromatic rings. The zero-order valence-electron chi connectivity index (χ0n) is 13.4. The van der Waals surface area contributed by atoms with Crippen LogP contribution in [0, 0.1) is 5.82 Å². The van der Waals surface area contributed by atoms with Gasteiger partial charge < -0.3 is 10.2 Å². The Labute approximate surface area is 152 Å². The average molecular weight is 379 g/mol. The highest BCUT2D eigenvalue weighted by Gasteiger charge is 2.29. The van der Waals surface area contributed by atoms with E-state index in [1.807, 2.05) is 4.90 Å². The second kappa shape index (κ2) is 7.47. The molecule has 1 N–H and O–H groups in total. The maximum Gasteiger partial charge on any atom is 0.243 e. The van der Waals surface area contributed by atoms with Gasteiger partial charge in [-0.2, -0.15) is 4.31 Å². The van der Waals surface area contributed by atoms with Crippen LogP contribution in [0.3, 0.4) is 0 Å². The van der Waals surface area contributed by atoms with E-state index in [1.165, 1.54) is 16.4 Å². The molecule has 0 spiro atoms. The third-order valence-corrected chi connectivity index (χ3v) is 6.26. The lowest BCUT2D eigenvalue weighted by Gasteiger charge is -2.35. The van der Waals surface area contributed by atoms with Crippen LogP contribution in [0.25, 0.3) is 0 Å². The number of halogens is 1. The molecule has 8 heteroatoms. The van der Waals surface area contributed by atoms with E-state index in [2.05, 4.69) is 5.32 Å². The molecular formula is C17H18FN3O2S2. The van der Waals surface area contributed by atoms with Gasteiger partial charge in [-0.05, 0) is 42.5 Å². The van der Waals surface area contributed by atoms with Crippen LogP contribution in [0.5, 0.6) is 0 Å². The summed E-state index contributed by atoms with van der Waals surface area (Å²) in [7, 11) is -3.48. The van der Waals surface area contributed by atoms with Crippen LogP contribution in [0.2, 0.25) is 0 Å². The lowest BCUT2D eigenvalue weighted by atomic mass is 10.3. The number of thiocarbonyl (C=S) groups is 1. The predicted molar refractivity (Wildman–Crippen MR) is 99.4 cm³/mol. The summed E-state index contributed by atoms with van der Waals surface area (Å²) in [6, 6.07) is 14.4. The van der Waals surface area contributed by atoms with Crippen molar-refractivity contribution in [1.82, 2.24) is 9.21 Å². The monoisotopic (exact) mass is 379 g/mol. The molecule has 1 fully saturated rings. The molecule has 0 saturated carbocycles. The number of benzene rings is 2. The van der Waals surface area contributed by atoms with Crippen LogP contribution in [0.1, 0.15) is 0 Å². The molecule has 3 rings (SSSR count). The molecule has 1 heterocycles. The maximum atomic E-state index is 13.2. The Kier molecular flexibility index (Phi) is 5.31. The number of anilines is 1. The first-order chi connectivity index (χ1) is 12.0. The number of nitrogens with one attached hydrogen (secondary N) is 1. The largest absolute Gasteiger partial charge is 0.346 e. The summed E-state index contributed by atoms with van der Waals surface area (Å²) < 4.78 is 39.9. The second-order valence-electron chi connectivity index (χ2n) is 5.64. The Morgan fingerprint density at radius 3 is 2.32 bits per heavy atom. The Morgan fingerprint density at radius 2 is 1.68 bits per heavy atom. The van der Waals surface area contributed by atoms with Gasteiger partial charge in [0.2, 0.25) is 10.0 Å². The topological polar surface area (TPSA) is 52.7 Å². The molecule has 0 aromatic heterocycles. The van der Waals surface area contributed by atoms with Crippen molar-refractivity contribution >= 4 is 33.0 Å². The normalized spacial score (nSPS) is 15.8. The number of piperazine rings is 1. The van der Waals surface area contributed by atoms with E-state index in [9.17, 15) is 12.8 Å². The Balaban J connectivity index is 1.61. The van der Waals surface area contributed by atoms with Gasteiger partial charge in [0, 0.05) is 31.9 Å². The van der Waals surface area contributed by atoms with Crippen molar-refractivity contribution in [1.29, 1.82) is 0 Å². The van der Waals surface area contributed by atoms with Gasteiger partial charge in [-0.25, -0.2) is 12.8 Å². The molecule has 1 aliphatic heterocycles. The average Bonchev–Trinajstić information content (AvgIpc) is 2.62. The minimum atomic E-state index is -3.48. The zero-order valence-corrected chi connectivity index (χ0v) is 15.1. The SMILES string of the molecule is O=S(=O)(c1ccccc1)N1CCN(C(=S)Nc2cccc(F)c2)CC1. The van der Waals surface area contributed by atoms with E-state index >= 15 is 0 Å². The van der Waals surface area contributed by atoms with Crippen molar-refractivity contribution in [2.24, 2.45) is 0 Å². The molecule has 0 unspecified atom stereocenters. The molecule has 1 aliphatic rings. The van der Waals surface area contributed by atoms with Gasteiger partial charge in [0.15, 0.2) is 5.11 Å². The number of nitrogens with zero attached hydrogens (tertiary/aromatic N) is 2. The summed E-state index contributed by atoms with van der Waals surface area (Å²) in [6.45, 7) is 1.66. The van der Waals surface area contributed by atoms with Crippen molar-refractivity contribution in [3.63, 3.8) is 0 Å². The molecule has 132 valence electrons. The molecule has 2 aromatic carbocycles. The summed E-state index contributed by atoms with van der Waals surface area (Å²) in [4.78, 5) is 2.18. The second-order valence-corrected chi connectivity index (χ2v) is 7.97. The third-order valence-electron chi connectivity index (χ3n) is 3.98. The summed E-state index contributed by atoms with van der Waals surface area (Å²) in [6.07, 6.45) is 0. The fourth-order valence-electron chi connectivity index (χ4n) is 2.64. The first kappa shape index (κ1) is 17.8. The minimum absolute atomic E-state index is 0.295. The Hall–Kier alpha value is -2.03. The number of sulfonamides is 1. The van der Waals surface area contributed by atoms with Crippen LogP contribution in [0.4, 0.5) is 10.1 Å². The lowest BCUT2D eigenvalue weighted by molar-refractivity contribution is 0.268. The first-order valence-electron chi connectivity index (χ1n) is 7.83. The molecule has 0 amide bonds. The Bertz CT molecular complexity index is 851. The Morgan fingerprint density at radius 1 is 1.00 bits per heavy atom. The fourth-order valence-corrected chi connectivity index (χ4v) is 4.39. The first-order valence-corrected chi connectivity index (χ1v) is 9.68. The van der Waals surface area contributed by atoms with Crippen molar-refractivity contribution < 1.29 is 12.8 Å². The van der Waals surface area contributed by atoms with Crippen LogP contribution in [0.15, 0.2) is 59.5 Å². The van der Waals surface area contributed by atoms with Crippen molar-refractivity contribution in [2.75, 3.05) is 31.5 Å². The van der Waals surface area contributed by atoms with Gasteiger partial charge >= 0.3 is 0 Å². The smallest absolute Gasteiger partial charge is 0.243 e. The van der Waals surface area contributed by atoms with E-state index in [0.29, 0.717) is 41.9 Å². The van der Waals surface area contributed by atoms with Crippen LogP contribution >= 0.6 is 12.2 Å². The van der Waals surface area contributed by atoms with Crippen molar-refractivity contribution in [3.8, 4) is 0 Å². The molecule has 0 atom stereocenters. The van der Waals surface area contributed by atoms with E-state index < -0.39 is 10.0 Å². The van der Waals surface area contributed by atoms with E-state index in [-0.39, 0.29) is 5.82 Å². The highest BCUT2D eigenvalue weighted by molar-refractivity contribution is 7.89. The van der Waals surface area contributed by atoms with Crippen LogP contribution in [-0.2, 0) is 10.0 Å². The minimum Gasteiger partial charge on any atom is -0.346 e. The highest BCUT2D eigenvalue weighted by Crippen LogP contribution is 2.18. The molecular weight excluding hydrogens is 361 g/mol. The summed E-state index contributed by atoms with van der Waals surface area (Å²) in [5.74, 6) is -0.341. The fraction of sp³-hybridized carbons (Fsp3) is 0.235. The molecule has 1 saturated heterocycles. The standard InChI is InChI=1S/C17H18FN3O2S2/c18-14-5-4-6-15(13-14)19-17(24)20-9-11-21(12-10-20)25(22,23)16-7-2-1-3-8-16/h1-8,13H,9-12H2,(H,19,24). The molecule has 0 aliphatic carbocycles. The number of hydrogen-bond acceptors (Lipinski definition) is 3. The van der Waals surface area contributed by atoms with Gasteiger partial charge in [-0.1, -0.05) is 24.3 Å². The van der Waals surface area contributed by atoms with Gasteiger partial charge in [0.25, 0.3) is 0 Å². The van der Waals surface area contributed by atoms with E-state index in [4.69, 9.17) is 12.2 Å². The molecule has 0 radical (unpaired) electrons. The van der Waals surface area contributed by atoms with Gasteiger partial charge in [0.05, 0.1) is 4.90 Å². The van der Waals surface area contributed by atoms with Crippen molar-refractivity contribution in [2.45, 2.75) is 4.90 Å². The summed E-state index contributed by atoms with van der Waals surface area (Å²) >= 11 is 5.35. The van der Waals surface area contributed by atoms with Crippen LogP contribution < -0.4 is 5.32 Å². The predicted octanol–water partition coefficient (Wildman–Crippen LogP) is 2.53. The van der Waals surface area contributed by atoms with Gasteiger partial charge in [0.1, 0.15) is 5.82 Å². The van der Waals surface area contributed by atoms with E-state index in [0.717, 1.165) is 0 Å². The number of hydrogen-bond donors (Lipinski definition) is 1. The van der Waals surface area contributed by atoms with E-state index in [1.54, 1.807) is 42.5 Å². The van der Waals surface area contributed by atoms with Gasteiger partial charge in [-0.15, -0.1) is 0 Å². The maximum absolute atomic E-state index is 13.2. The molecule has 25 heavy (non-hydrogen) atoms. The molecule has 5 nitrogen and oxygen atoms in total.